The molecule has 1 saturated heterocycles. The average molecular weight is 572 g/mol. The van der Waals surface area contributed by atoms with Crippen LogP contribution in [0.1, 0.15) is 43.4 Å². The second kappa shape index (κ2) is 15.1. The van der Waals surface area contributed by atoms with E-state index in [-0.39, 0.29) is 24.0 Å². The van der Waals surface area contributed by atoms with E-state index >= 15 is 0 Å². The monoisotopic (exact) mass is 571 g/mol. The van der Waals surface area contributed by atoms with E-state index in [0.29, 0.717) is 19.7 Å². The number of hydrogen-bond acceptors (Lipinski definition) is 6. The second-order valence-corrected chi connectivity index (χ2v) is 7.70. The third kappa shape index (κ3) is 8.46. The second-order valence-electron chi connectivity index (χ2n) is 7.70. The van der Waals surface area contributed by atoms with Crippen LogP contribution >= 0.6 is 24.0 Å². The van der Waals surface area contributed by atoms with Crippen molar-refractivity contribution in [3.05, 3.63) is 46.8 Å². The lowest BCUT2D eigenvalue weighted by atomic mass is 10.1. The van der Waals surface area contributed by atoms with Gasteiger partial charge in [-0.05, 0) is 19.4 Å². The molecule has 3 rings (SSSR count). The number of hydrogen-bond donors (Lipinski definition) is 2. The fourth-order valence-corrected chi connectivity index (χ4v) is 3.70. The first-order valence-electron chi connectivity index (χ1n) is 11.7. The van der Waals surface area contributed by atoms with Crippen LogP contribution in [-0.4, -0.2) is 62.0 Å². The maximum absolute atomic E-state index is 6.10. The highest BCUT2D eigenvalue weighted by Gasteiger charge is 2.14. The van der Waals surface area contributed by atoms with Crippen LogP contribution in [0.4, 0.5) is 0 Å². The quantitative estimate of drug-likeness (QED) is 0.243. The molecule has 0 radical (unpaired) electrons. The van der Waals surface area contributed by atoms with Gasteiger partial charge in [0.1, 0.15) is 18.1 Å². The van der Waals surface area contributed by atoms with Crippen LogP contribution in [0.15, 0.2) is 33.8 Å². The molecule has 2 aromatic rings. The largest absolute Gasteiger partial charge is 0.492 e. The van der Waals surface area contributed by atoms with Gasteiger partial charge < -0.3 is 24.6 Å². The van der Waals surface area contributed by atoms with Crippen molar-refractivity contribution in [2.45, 2.75) is 46.7 Å². The highest BCUT2D eigenvalue weighted by molar-refractivity contribution is 14.0. The van der Waals surface area contributed by atoms with Gasteiger partial charge in [0.15, 0.2) is 5.96 Å². The molecule has 1 fully saturated rings. The maximum atomic E-state index is 6.10. The van der Waals surface area contributed by atoms with Crippen molar-refractivity contribution in [2.75, 3.05) is 46.0 Å². The lowest BCUT2D eigenvalue weighted by Crippen LogP contribution is -2.38. The highest BCUT2D eigenvalue weighted by atomic mass is 127. The Morgan fingerprint density at radius 1 is 1.12 bits per heavy atom. The Labute approximate surface area is 214 Å². The molecule has 2 heterocycles. The zero-order valence-electron chi connectivity index (χ0n) is 20.1. The summed E-state index contributed by atoms with van der Waals surface area (Å²) >= 11 is 0. The van der Waals surface area contributed by atoms with E-state index in [9.17, 15) is 0 Å². The van der Waals surface area contributed by atoms with Crippen LogP contribution in [0.25, 0.3) is 0 Å². The molecule has 0 unspecified atom stereocenters. The Bertz CT molecular complexity index is 831. The van der Waals surface area contributed by atoms with Crippen LogP contribution < -0.4 is 15.4 Å². The fourth-order valence-electron chi connectivity index (χ4n) is 3.70. The third-order valence-electron chi connectivity index (χ3n) is 5.53. The van der Waals surface area contributed by atoms with Crippen LogP contribution in [0, 0.1) is 0 Å². The average Bonchev–Trinajstić information content (AvgIpc) is 3.24. The Balaban J connectivity index is 0.00000385. The number of halogens is 1. The summed E-state index contributed by atoms with van der Waals surface area (Å²) in [6.45, 7) is 13.3. The number of rotatable bonds is 11. The number of aromatic nitrogens is 1. The number of ether oxygens (including phenoxy) is 2. The molecular formula is C24H38IN5O3. The molecule has 0 bridgehead atoms. The predicted octanol–water partition coefficient (Wildman–Crippen LogP) is 3.38. The molecule has 0 amide bonds. The van der Waals surface area contributed by atoms with Gasteiger partial charge in [0.05, 0.1) is 25.5 Å². The van der Waals surface area contributed by atoms with Gasteiger partial charge in [0, 0.05) is 50.3 Å². The number of nitrogens with zero attached hydrogens (tertiary/aromatic N) is 3. The van der Waals surface area contributed by atoms with E-state index in [1.54, 1.807) is 0 Å². The van der Waals surface area contributed by atoms with E-state index in [2.05, 4.69) is 47.5 Å². The summed E-state index contributed by atoms with van der Waals surface area (Å²) in [7, 11) is 0. The molecule has 1 aromatic heterocycles. The smallest absolute Gasteiger partial charge is 0.191 e. The van der Waals surface area contributed by atoms with Crippen molar-refractivity contribution < 1.29 is 14.0 Å². The Kier molecular flexibility index (Phi) is 12.6. The maximum Gasteiger partial charge on any atom is 0.191 e. The lowest BCUT2D eigenvalue weighted by Gasteiger charge is -2.26. The number of aliphatic imine (C=N–C) groups is 1. The molecule has 0 atom stereocenters. The number of guanidine groups is 1. The standard InChI is InChI=1S/C24H37N5O3.HI/c1-4-21-20(22(5-2)32-28-21)18-27-24(25-6-3)26-17-19-9-7-8-10-23(19)31-16-13-29-11-14-30-15-12-29;/h7-10H,4-6,11-18H2,1-3H3,(H2,25,26,27);1H. The minimum Gasteiger partial charge on any atom is -0.492 e. The van der Waals surface area contributed by atoms with E-state index in [1.807, 2.05) is 18.2 Å². The zero-order chi connectivity index (χ0) is 22.6. The van der Waals surface area contributed by atoms with Gasteiger partial charge in [0.25, 0.3) is 0 Å². The summed E-state index contributed by atoms with van der Waals surface area (Å²) in [6.07, 6.45) is 1.68. The fraction of sp³-hybridized carbons (Fsp3) is 0.583. The summed E-state index contributed by atoms with van der Waals surface area (Å²) < 4.78 is 17.0. The first-order valence-corrected chi connectivity index (χ1v) is 11.7. The number of para-hydroxylation sites is 1. The van der Waals surface area contributed by atoms with Crippen molar-refractivity contribution in [1.29, 1.82) is 0 Å². The molecule has 9 heteroatoms. The van der Waals surface area contributed by atoms with Crippen molar-refractivity contribution in [3.63, 3.8) is 0 Å². The number of aryl methyl sites for hydroxylation is 2. The predicted molar refractivity (Wildman–Crippen MR) is 142 cm³/mol. The first kappa shape index (κ1) is 27.4. The number of nitrogens with one attached hydrogen (secondary N) is 2. The Morgan fingerprint density at radius 3 is 2.64 bits per heavy atom. The van der Waals surface area contributed by atoms with Gasteiger partial charge in [-0.1, -0.05) is 37.2 Å². The van der Waals surface area contributed by atoms with E-state index in [1.165, 1.54) is 0 Å². The molecule has 1 aromatic carbocycles. The molecule has 0 saturated carbocycles. The summed E-state index contributed by atoms with van der Waals surface area (Å²) in [5.41, 5.74) is 3.21. The van der Waals surface area contributed by atoms with Crippen molar-refractivity contribution in [2.24, 2.45) is 4.99 Å². The summed E-state index contributed by atoms with van der Waals surface area (Å²) in [5.74, 6) is 2.59. The van der Waals surface area contributed by atoms with Crippen LogP contribution in [0.5, 0.6) is 5.75 Å². The molecule has 1 aliphatic heterocycles. The van der Waals surface area contributed by atoms with Crippen LogP contribution in [0.2, 0.25) is 0 Å². The van der Waals surface area contributed by atoms with Crippen molar-refractivity contribution >= 4 is 29.9 Å². The third-order valence-corrected chi connectivity index (χ3v) is 5.53. The van der Waals surface area contributed by atoms with Gasteiger partial charge in [-0.3, -0.25) is 4.90 Å². The van der Waals surface area contributed by atoms with E-state index < -0.39 is 0 Å². The Morgan fingerprint density at radius 2 is 1.91 bits per heavy atom. The summed E-state index contributed by atoms with van der Waals surface area (Å²) in [6, 6.07) is 8.12. The van der Waals surface area contributed by atoms with Gasteiger partial charge in [-0.2, -0.15) is 0 Å². The molecular weight excluding hydrogens is 533 g/mol. The van der Waals surface area contributed by atoms with Gasteiger partial charge in [-0.15, -0.1) is 24.0 Å². The normalized spacial score (nSPS) is 14.6. The topological polar surface area (TPSA) is 84.2 Å². The SMILES string of the molecule is CCNC(=NCc1ccccc1OCCN1CCOCC1)NCc1c(CC)noc1CC.I. The Hall–Kier alpha value is -1.85. The highest BCUT2D eigenvalue weighted by Crippen LogP contribution is 2.19. The minimum atomic E-state index is 0. The molecule has 0 spiro atoms. The molecule has 33 heavy (non-hydrogen) atoms. The van der Waals surface area contributed by atoms with Gasteiger partial charge in [-0.25, -0.2) is 4.99 Å². The number of morpholine rings is 1. The lowest BCUT2D eigenvalue weighted by molar-refractivity contribution is 0.0322. The first-order chi connectivity index (χ1) is 15.7. The van der Waals surface area contributed by atoms with Crippen LogP contribution in [-0.2, 0) is 30.7 Å². The summed E-state index contributed by atoms with van der Waals surface area (Å²) in [5, 5.41) is 10.9. The van der Waals surface area contributed by atoms with Gasteiger partial charge >= 0.3 is 0 Å². The molecule has 0 aliphatic carbocycles. The van der Waals surface area contributed by atoms with E-state index in [0.717, 1.165) is 86.5 Å². The van der Waals surface area contributed by atoms with Crippen LogP contribution in [0.3, 0.4) is 0 Å². The zero-order valence-corrected chi connectivity index (χ0v) is 22.4. The van der Waals surface area contributed by atoms with Gasteiger partial charge in [0.2, 0.25) is 0 Å². The molecule has 1 aliphatic rings. The molecule has 2 N–H and O–H groups in total. The molecule has 8 nitrogen and oxygen atoms in total. The minimum absolute atomic E-state index is 0. The number of benzene rings is 1. The van der Waals surface area contributed by atoms with E-state index in [4.69, 9.17) is 19.0 Å². The van der Waals surface area contributed by atoms with Crippen molar-refractivity contribution in [3.8, 4) is 5.75 Å². The molecule has 184 valence electrons. The van der Waals surface area contributed by atoms with Crippen molar-refractivity contribution in [1.82, 2.24) is 20.7 Å². The summed E-state index contributed by atoms with van der Waals surface area (Å²) in [4.78, 5) is 7.16.